The van der Waals surface area contributed by atoms with Crippen molar-refractivity contribution < 1.29 is 4.74 Å². The Hall–Kier alpha value is -0.770. The van der Waals surface area contributed by atoms with Crippen molar-refractivity contribution in [3.63, 3.8) is 0 Å². The highest BCUT2D eigenvalue weighted by Gasteiger charge is 2.08. The molecular weight excluding hydrogens is 236 g/mol. The second kappa shape index (κ2) is 7.54. The second-order valence-corrected chi connectivity index (χ2v) is 4.19. The maximum atomic E-state index is 5.22. The highest BCUT2D eigenvalue weighted by molar-refractivity contribution is 5.85. The van der Waals surface area contributed by atoms with Gasteiger partial charge in [-0.05, 0) is 24.1 Å². The molecular formula is C13H21ClN2O. The lowest BCUT2D eigenvalue weighted by Gasteiger charge is -2.27. The van der Waals surface area contributed by atoms with E-state index in [4.69, 9.17) is 4.74 Å². The summed E-state index contributed by atoms with van der Waals surface area (Å²) in [7, 11) is 1.72. The molecule has 1 saturated heterocycles. The van der Waals surface area contributed by atoms with Crippen molar-refractivity contribution in [1.29, 1.82) is 0 Å². The van der Waals surface area contributed by atoms with Crippen LogP contribution >= 0.6 is 12.4 Å². The van der Waals surface area contributed by atoms with Crippen LogP contribution in [0.2, 0.25) is 0 Å². The van der Waals surface area contributed by atoms with Crippen LogP contribution in [0.25, 0.3) is 0 Å². The van der Waals surface area contributed by atoms with Gasteiger partial charge in [-0.1, -0.05) is 12.1 Å². The van der Waals surface area contributed by atoms with Crippen LogP contribution in [-0.4, -0.2) is 44.7 Å². The summed E-state index contributed by atoms with van der Waals surface area (Å²) in [6.45, 7) is 5.74. The smallest absolute Gasteiger partial charge is 0.119 e. The van der Waals surface area contributed by atoms with Crippen LogP contribution in [0.15, 0.2) is 24.3 Å². The highest BCUT2D eigenvalue weighted by Crippen LogP contribution is 2.13. The Kier molecular flexibility index (Phi) is 6.34. The minimum absolute atomic E-state index is 0. The normalized spacial score (nSPS) is 16.3. The molecule has 1 fully saturated rings. The standard InChI is InChI=1S/C13H20N2O.ClH/c1-16-13-4-2-3-12(11-13)5-8-15-9-6-14-7-10-15;/h2-4,11,14H,5-10H2,1H3;1H. The first kappa shape index (κ1) is 14.3. The molecule has 1 N–H and O–H groups in total. The Morgan fingerprint density at radius 3 is 2.76 bits per heavy atom. The molecule has 0 radical (unpaired) electrons. The van der Waals surface area contributed by atoms with Crippen LogP contribution in [0.1, 0.15) is 5.56 Å². The molecule has 2 rings (SSSR count). The number of methoxy groups -OCH3 is 1. The zero-order valence-electron chi connectivity index (χ0n) is 10.3. The van der Waals surface area contributed by atoms with E-state index in [0.29, 0.717) is 0 Å². The number of nitrogens with zero attached hydrogens (tertiary/aromatic N) is 1. The monoisotopic (exact) mass is 256 g/mol. The van der Waals surface area contributed by atoms with Crippen molar-refractivity contribution in [2.45, 2.75) is 6.42 Å². The molecule has 0 aliphatic carbocycles. The van der Waals surface area contributed by atoms with Crippen LogP contribution in [-0.2, 0) is 6.42 Å². The molecule has 1 heterocycles. The third-order valence-electron chi connectivity index (χ3n) is 3.06. The van der Waals surface area contributed by atoms with Gasteiger partial charge in [-0.15, -0.1) is 12.4 Å². The first-order chi connectivity index (χ1) is 7.88. The van der Waals surface area contributed by atoms with Crippen LogP contribution in [0.3, 0.4) is 0 Å². The molecule has 0 atom stereocenters. The van der Waals surface area contributed by atoms with Crippen molar-refractivity contribution in [3.05, 3.63) is 29.8 Å². The summed E-state index contributed by atoms with van der Waals surface area (Å²) in [5, 5.41) is 3.37. The maximum absolute atomic E-state index is 5.22. The molecule has 1 aromatic carbocycles. The zero-order chi connectivity index (χ0) is 11.2. The van der Waals surface area contributed by atoms with Gasteiger partial charge in [0.25, 0.3) is 0 Å². The third kappa shape index (κ3) is 4.54. The molecule has 0 saturated carbocycles. The zero-order valence-corrected chi connectivity index (χ0v) is 11.1. The van der Waals surface area contributed by atoms with Crippen molar-refractivity contribution in [2.24, 2.45) is 0 Å². The van der Waals surface area contributed by atoms with Gasteiger partial charge in [0, 0.05) is 32.7 Å². The summed E-state index contributed by atoms with van der Waals surface area (Å²) in [4.78, 5) is 2.51. The first-order valence-corrected chi connectivity index (χ1v) is 5.94. The lowest BCUT2D eigenvalue weighted by molar-refractivity contribution is 0.244. The van der Waals surface area contributed by atoms with E-state index in [9.17, 15) is 0 Å². The van der Waals surface area contributed by atoms with Crippen LogP contribution in [0.5, 0.6) is 5.75 Å². The van der Waals surface area contributed by atoms with E-state index in [1.165, 1.54) is 18.7 Å². The number of halogens is 1. The van der Waals surface area contributed by atoms with E-state index in [1.54, 1.807) is 7.11 Å². The largest absolute Gasteiger partial charge is 0.497 e. The highest BCUT2D eigenvalue weighted by atomic mass is 35.5. The second-order valence-electron chi connectivity index (χ2n) is 4.19. The van der Waals surface area contributed by atoms with E-state index in [0.717, 1.165) is 31.8 Å². The topological polar surface area (TPSA) is 24.5 Å². The average molecular weight is 257 g/mol. The van der Waals surface area contributed by atoms with Crippen molar-refractivity contribution in [2.75, 3.05) is 39.8 Å². The fourth-order valence-corrected chi connectivity index (χ4v) is 2.05. The average Bonchev–Trinajstić information content (AvgIpc) is 2.38. The third-order valence-corrected chi connectivity index (χ3v) is 3.06. The van der Waals surface area contributed by atoms with Crippen LogP contribution in [0.4, 0.5) is 0 Å². The number of ether oxygens (including phenoxy) is 1. The van der Waals surface area contributed by atoms with Gasteiger partial charge in [-0.25, -0.2) is 0 Å². The summed E-state index contributed by atoms with van der Waals surface area (Å²) >= 11 is 0. The van der Waals surface area contributed by atoms with Crippen molar-refractivity contribution in [3.8, 4) is 5.75 Å². The lowest BCUT2D eigenvalue weighted by atomic mass is 10.1. The molecule has 0 spiro atoms. The molecule has 0 amide bonds. The van der Waals surface area contributed by atoms with E-state index >= 15 is 0 Å². The molecule has 0 aromatic heterocycles. The number of hydrogen-bond acceptors (Lipinski definition) is 3. The minimum atomic E-state index is 0. The lowest BCUT2D eigenvalue weighted by Crippen LogP contribution is -2.44. The number of nitrogens with one attached hydrogen (secondary N) is 1. The summed E-state index contributed by atoms with van der Waals surface area (Å²) in [5.41, 5.74) is 1.36. The molecule has 1 aliphatic rings. The number of rotatable bonds is 4. The van der Waals surface area contributed by atoms with E-state index < -0.39 is 0 Å². The summed E-state index contributed by atoms with van der Waals surface area (Å²) in [6, 6.07) is 8.35. The predicted octanol–water partition coefficient (Wildman–Crippen LogP) is 1.56. The SMILES string of the molecule is COc1cccc(CCN2CCNCC2)c1.Cl. The molecule has 0 bridgehead atoms. The van der Waals surface area contributed by atoms with Gasteiger partial charge in [0.15, 0.2) is 0 Å². The van der Waals surface area contributed by atoms with Gasteiger partial charge in [0.1, 0.15) is 5.75 Å². The Morgan fingerprint density at radius 2 is 2.06 bits per heavy atom. The molecule has 4 heteroatoms. The first-order valence-electron chi connectivity index (χ1n) is 5.94. The van der Waals surface area contributed by atoms with Crippen LogP contribution in [0, 0.1) is 0 Å². The Labute approximate surface area is 110 Å². The molecule has 96 valence electrons. The maximum Gasteiger partial charge on any atom is 0.119 e. The number of benzene rings is 1. The Balaban J connectivity index is 0.00000144. The van der Waals surface area contributed by atoms with Crippen LogP contribution < -0.4 is 10.1 Å². The summed E-state index contributed by atoms with van der Waals surface area (Å²) < 4.78 is 5.22. The predicted molar refractivity (Wildman–Crippen MR) is 73.3 cm³/mol. The van der Waals surface area contributed by atoms with Gasteiger partial charge in [-0.3, -0.25) is 0 Å². The minimum Gasteiger partial charge on any atom is -0.497 e. The van der Waals surface area contributed by atoms with Crippen molar-refractivity contribution in [1.82, 2.24) is 10.2 Å². The summed E-state index contributed by atoms with van der Waals surface area (Å²) in [5.74, 6) is 0.956. The van der Waals surface area contributed by atoms with Gasteiger partial charge in [-0.2, -0.15) is 0 Å². The van der Waals surface area contributed by atoms with Crippen molar-refractivity contribution >= 4 is 12.4 Å². The molecule has 1 aliphatic heterocycles. The molecule has 1 aromatic rings. The van der Waals surface area contributed by atoms with Gasteiger partial charge < -0.3 is 15.0 Å². The Bertz CT molecular complexity index is 327. The van der Waals surface area contributed by atoms with Gasteiger partial charge >= 0.3 is 0 Å². The molecule has 17 heavy (non-hydrogen) atoms. The van der Waals surface area contributed by atoms with E-state index in [2.05, 4.69) is 28.4 Å². The number of hydrogen-bond donors (Lipinski definition) is 1. The van der Waals surface area contributed by atoms with E-state index in [-0.39, 0.29) is 12.4 Å². The fourth-order valence-electron chi connectivity index (χ4n) is 2.05. The van der Waals surface area contributed by atoms with Gasteiger partial charge in [0.2, 0.25) is 0 Å². The van der Waals surface area contributed by atoms with Gasteiger partial charge in [0.05, 0.1) is 7.11 Å². The quantitative estimate of drug-likeness (QED) is 0.885. The Morgan fingerprint density at radius 1 is 1.29 bits per heavy atom. The van der Waals surface area contributed by atoms with E-state index in [1.807, 2.05) is 6.07 Å². The molecule has 0 unspecified atom stereocenters. The fraction of sp³-hybridized carbons (Fsp3) is 0.538. The molecule has 3 nitrogen and oxygen atoms in total. The summed E-state index contributed by atoms with van der Waals surface area (Å²) in [6.07, 6.45) is 1.11. The number of piperazine rings is 1.